The highest BCUT2D eigenvalue weighted by atomic mass is 16.5. The van der Waals surface area contributed by atoms with Gasteiger partial charge in [-0.05, 0) is 42.0 Å². The van der Waals surface area contributed by atoms with Crippen LogP contribution in [0.15, 0.2) is 71.3 Å². The maximum absolute atomic E-state index is 13.4. The van der Waals surface area contributed by atoms with Crippen LogP contribution in [0.5, 0.6) is 0 Å². The van der Waals surface area contributed by atoms with Crippen molar-refractivity contribution in [2.24, 2.45) is 11.0 Å². The molecule has 31 heavy (non-hydrogen) atoms. The topological polar surface area (TPSA) is 45.1 Å². The summed E-state index contributed by atoms with van der Waals surface area (Å²) in [5, 5.41) is 6.77. The van der Waals surface area contributed by atoms with Crippen molar-refractivity contribution in [3.05, 3.63) is 77.4 Å². The van der Waals surface area contributed by atoms with Gasteiger partial charge in [0.15, 0.2) is 0 Å². The Morgan fingerprint density at radius 1 is 1.03 bits per heavy atom. The van der Waals surface area contributed by atoms with Crippen molar-refractivity contribution < 1.29 is 9.53 Å². The largest absolute Gasteiger partial charge is 0.379 e. The van der Waals surface area contributed by atoms with Crippen molar-refractivity contribution in [1.82, 2.24) is 9.91 Å². The summed E-state index contributed by atoms with van der Waals surface area (Å²) in [4.78, 5) is 15.6. The zero-order chi connectivity index (χ0) is 21.0. The number of nitrogens with zero attached hydrogens (tertiary/aromatic N) is 3. The Morgan fingerprint density at radius 2 is 1.74 bits per heavy atom. The number of hydrogen-bond acceptors (Lipinski definition) is 4. The Kier molecular flexibility index (Phi) is 5.96. The van der Waals surface area contributed by atoms with Gasteiger partial charge in [0.1, 0.15) is 0 Å². The average molecular weight is 416 g/mol. The number of morpholine rings is 1. The third-order valence-corrected chi connectivity index (χ3v) is 6.50. The zero-order valence-corrected chi connectivity index (χ0v) is 17.8. The van der Waals surface area contributed by atoms with Crippen LogP contribution in [0.1, 0.15) is 36.4 Å². The summed E-state index contributed by atoms with van der Waals surface area (Å²) in [6, 6.07) is 20.8. The lowest BCUT2D eigenvalue weighted by atomic mass is 9.77. The van der Waals surface area contributed by atoms with E-state index in [1.165, 1.54) is 16.7 Å². The van der Waals surface area contributed by atoms with E-state index in [2.05, 4.69) is 59.5 Å². The number of ether oxygens (including phenoxy) is 1. The Hall–Kier alpha value is -2.76. The van der Waals surface area contributed by atoms with Crippen molar-refractivity contribution in [3.8, 4) is 0 Å². The van der Waals surface area contributed by atoms with Crippen molar-refractivity contribution in [2.45, 2.75) is 25.3 Å². The molecule has 1 aliphatic carbocycles. The second kappa shape index (κ2) is 9.16. The summed E-state index contributed by atoms with van der Waals surface area (Å²) in [7, 11) is 0. The van der Waals surface area contributed by atoms with Gasteiger partial charge in [0.05, 0.1) is 31.5 Å². The molecular weight excluding hydrogens is 386 g/mol. The second-order valence-electron chi connectivity index (χ2n) is 8.55. The molecule has 2 aromatic rings. The molecule has 2 aromatic carbocycles. The molecule has 160 valence electrons. The van der Waals surface area contributed by atoms with Gasteiger partial charge < -0.3 is 4.74 Å². The molecule has 0 spiro atoms. The number of amides is 1. The predicted molar refractivity (Wildman–Crippen MR) is 122 cm³/mol. The van der Waals surface area contributed by atoms with Crippen molar-refractivity contribution in [1.29, 1.82) is 0 Å². The van der Waals surface area contributed by atoms with Crippen LogP contribution in [0, 0.1) is 5.92 Å². The van der Waals surface area contributed by atoms with E-state index in [-0.39, 0.29) is 17.9 Å². The van der Waals surface area contributed by atoms with Gasteiger partial charge in [-0.1, -0.05) is 60.7 Å². The maximum Gasteiger partial charge on any atom is 0.257 e. The molecule has 5 heteroatoms. The van der Waals surface area contributed by atoms with E-state index in [1.54, 1.807) is 5.01 Å². The number of carbonyl (C=O) groups excluding carboxylic acids is 1. The quantitative estimate of drug-likeness (QED) is 0.754. The minimum Gasteiger partial charge on any atom is -0.379 e. The molecule has 5 nitrogen and oxygen atoms in total. The third kappa shape index (κ3) is 4.34. The SMILES string of the molecule is O=C(CN1CCOCC1)N1N=C2/C(=C\c3ccccc3)CCC[C@@H]2[C@@H]1c1ccccc1. The van der Waals surface area contributed by atoms with Crippen LogP contribution in [0.25, 0.3) is 6.08 Å². The Labute approximate surface area is 184 Å². The number of allylic oxidation sites excluding steroid dienone is 1. The molecule has 0 bridgehead atoms. The van der Waals surface area contributed by atoms with Crippen molar-refractivity contribution >= 4 is 17.7 Å². The molecule has 1 amide bonds. The first-order valence-corrected chi connectivity index (χ1v) is 11.3. The highest BCUT2D eigenvalue weighted by Crippen LogP contribution is 2.44. The Balaban J connectivity index is 1.47. The van der Waals surface area contributed by atoms with Gasteiger partial charge in [-0.2, -0.15) is 5.10 Å². The van der Waals surface area contributed by atoms with Crippen LogP contribution in [-0.4, -0.2) is 54.4 Å². The fourth-order valence-corrected chi connectivity index (χ4v) is 4.96. The summed E-state index contributed by atoms with van der Waals surface area (Å²) < 4.78 is 5.44. The highest BCUT2D eigenvalue weighted by Gasteiger charge is 2.43. The summed E-state index contributed by atoms with van der Waals surface area (Å²) in [6.45, 7) is 3.38. The molecule has 2 atom stereocenters. The van der Waals surface area contributed by atoms with E-state index >= 15 is 0 Å². The van der Waals surface area contributed by atoms with Crippen LogP contribution in [0.3, 0.4) is 0 Å². The summed E-state index contributed by atoms with van der Waals surface area (Å²) >= 11 is 0. The highest BCUT2D eigenvalue weighted by molar-refractivity contribution is 6.08. The van der Waals surface area contributed by atoms with Crippen LogP contribution in [0.4, 0.5) is 0 Å². The molecule has 0 radical (unpaired) electrons. The van der Waals surface area contributed by atoms with Crippen LogP contribution in [-0.2, 0) is 9.53 Å². The minimum atomic E-state index is -0.0239. The molecule has 2 fully saturated rings. The molecule has 5 rings (SSSR count). The number of hydrogen-bond donors (Lipinski definition) is 0. The lowest BCUT2D eigenvalue weighted by Crippen LogP contribution is -2.44. The monoisotopic (exact) mass is 415 g/mol. The van der Waals surface area contributed by atoms with Crippen LogP contribution >= 0.6 is 0 Å². The fraction of sp³-hybridized carbons (Fsp3) is 0.385. The van der Waals surface area contributed by atoms with Crippen LogP contribution in [0.2, 0.25) is 0 Å². The average Bonchev–Trinajstić information content (AvgIpc) is 3.22. The van der Waals surface area contributed by atoms with Gasteiger partial charge in [0, 0.05) is 19.0 Å². The van der Waals surface area contributed by atoms with E-state index in [9.17, 15) is 4.79 Å². The van der Waals surface area contributed by atoms with E-state index in [0.29, 0.717) is 19.8 Å². The minimum absolute atomic E-state index is 0.0239. The molecule has 2 aliphatic heterocycles. The predicted octanol–water partition coefficient (Wildman–Crippen LogP) is 4.14. The summed E-state index contributed by atoms with van der Waals surface area (Å²) in [5.74, 6) is 0.330. The van der Waals surface area contributed by atoms with Crippen molar-refractivity contribution in [2.75, 3.05) is 32.8 Å². The first kappa shape index (κ1) is 20.2. The molecular formula is C26H29N3O2. The third-order valence-electron chi connectivity index (χ3n) is 6.50. The van der Waals surface area contributed by atoms with Gasteiger partial charge in [-0.25, -0.2) is 5.01 Å². The fourth-order valence-electron chi connectivity index (χ4n) is 4.96. The number of carbonyl (C=O) groups is 1. The molecule has 0 aromatic heterocycles. The molecule has 2 heterocycles. The number of hydrazone groups is 1. The van der Waals surface area contributed by atoms with Gasteiger partial charge in [-0.15, -0.1) is 0 Å². The van der Waals surface area contributed by atoms with Gasteiger partial charge >= 0.3 is 0 Å². The molecule has 0 N–H and O–H groups in total. The van der Waals surface area contributed by atoms with Gasteiger partial charge in [-0.3, -0.25) is 9.69 Å². The smallest absolute Gasteiger partial charge is 0.257 e. The molecule has 1 saturated carbocycles. The summed E-state index contributed by atoms with van der Waals surface area (Å²) in [6.07, 6.45) is 5.45. The van der Waals surface area contributed by atoms with E-state index in [0.717, 1.165) is 38.1 Å². The van der Waals surface area contributed by atoms with E-state index < -0.39 is 0 Å². The number of benzene rings is 2. The standard InChI is InChI=1S/C26H29N3O2/c30-24(19-28-14-16-31-17-15-28)29-26(21-10-5-2-6-11-21)23-13-7-12-22(25(23)27-29)18-20-8-3-1-4-9-20/h1-6,8-11,18,23,26H,7,12-17,19H2/b22-18-/t23-,26-/m0/s1. The lowest BCUT2D eigenvalue weighted by molar-refractivity contribution is -0.135. The first-order chi connectivity index (χ1) is 15.3. The van der Waals surface area contributed by atoms with Gasteiger partial charge in [0.25, 0.3) is 5.91 Å². The van der Waals surface area contributed by atoms with Crippen LogP contribution < -0.4 is 0 Å². The lowest BCUT2D eigenvalue weighted by Gasteiger charge is -2.31. The zero-order valence-electron chi connectivity index (χ0n) is 17.8. The molecule has 1 saturated heterocycles. The Bertz CT molecular complexity index is 965. The normalized spacial score (nSPS) is 25.4. The van der Waals surface area contributed by atoms with Gasteiger partial charge in [0.2, 0.25) is 0 Å². The molecule has 0 unspecified atom stereocenters. The molecule has 3 aliphatic rings. The second-order valence-corrected chi connectivity index (χ2v) is 8.55. The maximum atomic E-state index is 13.4. The number of rotatable bonds is 4. The first-order valence-electron chi connectivity index (χ1n) is 11.3. The summed E-state index contributed by atoms with van der Waals surface area (Å²) in [5.41, 5.74) is 4.72. The Morgan fingerprint density at radius 3 is 2.48 bits per heavy atom. The van der Waals surface area contributed by atoms with E-state index in [1.807, 2.05) is 12.1 Å². The number of fused-ring (bicyclic) bond motifs is 1. The van der Waals surface area contributed by atoms with Crippen molar-refractivity contribution in [3.63, 3.8) is 0 Å². The van der Waals surface area contributed by atoms with E-state index in [4.69, 9.17) is 9.84 Å².